The first kappa shape index (κ1) is 17.8. The van der Waals surface area contributed by atoms with Gasteiger partial charge in [-0.1, -0.05) is 24.3 Å². The van der Waals surface area contributed by atoms with Crippen LogP contribution >= 0.6 is 23.1 Å². The highest BCUT2D eigenvalue weighted by Crippen LogP contribution is 2.35. The molecule has 0 unspecified atom stereocenters. The van der Waals surface area contributed by atoms with E-state index in [9.17, 15) is 4.79 Å². The summed E-state index contributed by atoms with van der Waals surface area (Å²) in [6.07, 6.45) is 5.70. The van der Waals surface area contributed by atoms with Crippen molar-refractivity contribution in [3.05, 3.63) is 64.7 Å². The van der Waals surface area contributed by atoms with Crippen LogP contribution in [0.4, 0.5) is 5.13 Å². The van der Waals surface area contributed by atoms with E-state index >= 15 is 0 Å². The molecule has 3 aromatic rings. The fraction of sp³-hybridized carbons (Fsp3) is 0.150. The molecule has 0 spiro atoms. The first-order valence-corrected chi connectivity index (χ1v) is 10.1. The van der Waals surface area contributed by atoms with Crippen molar-refractivity contribution in [2.45, 2.75) is 6.92 Å². The summed E-state index contributed by atoms with van der Waals surface area (Å²) in [6.45, 7) is 6.11. The lowest BCUT2D eigenvalue weighted by atomic mass is 10.1. The summed E-state index contributed by atoms with van der Waals surface area (Å²) in [6, 6.07) is 8.17. The van der Waals surface area contributed by atoms with Crippen molar-refractivity contribution >= 4 is 56.3 Å². The molecule has 7 heteroatoms. The second-order valence-electron chi connectivity index (χ2n) is 6.19. The maximum absolute atomic E-state index is 12.9. The Kier molecular flexibility index (Phi) is 4.72. The number of amidine groups is 1. The van der Waals surface area contributed by atoms with Crippen molar-refractivity contribution in [3.8, 4) is 0 Å². The summed E-state index contributed by atoms with van der Waals surface area (Å²) in [5.41, 5.74) is 3.08. The van der Waals surface area contributed by atoms with Crippen LogP contribution in [0.1, 0.15) is 11.3 Å². The van der Waals surface area contributed by atoms with E-state index in [4.69, 9.17) is 0 Å². The highest BCUT2D eigenvalue weighted by Gasteiger charge is 2.33. The number of thiazole rings is 1. The average molecular weight is 395 g/mol. The Morgan fingerprint density at radius 2 is 2.15 bits per heavy atom. The fourth-order valence-corrected chi connectivity index (χ4v) is 4.69. The van der Waals surface area contributed by atoms with E-state index in [0.29, 0.717) is 21.7 Å². The van der Waals surface area contributed by atoms with Gasteiger partial charge in [0.2, 0.25) is 5.13 Å². The number of hydrogen-bond donors (Lipinski definition) is 0. The van der Waals surface area contributed by atoms with Gasteiger partial charge in [0, 0.05) is 41.6 Å². The summed E-state index contributed by atoms with van der Waals surface area (Å²) in [5, 5.41) is 4.37. The molecule has 1 aliphatic heterocycles. The highest BCUT2D eigenvalue weighted by atomic mass is 32.2. The number of aromatic nitrogens is 2. The number of carbonyl (C=O) groups excluding carboxylic acids is 1. The molecule has 1 amide bonds. The maximum atomic E-state index is 12.9. The van der Waals surface area contributed by atoms with E-state index in [0.717, 1.165) is 22.2 Å². The number of amides is 1. The monoisotopic (exact) mass is 394 g/mol. The molecule has 1 fully saturated rings. The third-order valence-electron chi connectivity index (χ3n) is 4.21. The zero-order chi connectivity index (χ0) is 19.0. The van der Waals surface area contributed by atoms with Gasteiger partial charge in [-0.05, 0) is 30.8 Å². The molecule has 4 rings (SSSR count). The van der Waals surface area contributed by atoms with E-state index in [-0.39, 0.29) is 5.91 Å². The van der Waals surface area contributed by atoms with Gasteiger partial charge in [-0.15, -0.1) is 17.9 Å². The molecule has 27 heavy (non-hydrogen) atoms. The SMILES string of the molecule is C=CCN1C(=O)/C(=C/c2cn(C)c3ccccc23)S/C1=N/c1nc(C)cs1. The summed E-state index contributed by atoms with van der Waals surface area (Å²) in [7, 11) is 2.01. The number of carbonyl (C=O) groups is 1. The lowest BCUT2D eigenvalue weighted by molar-refractivity contribution is -0.121. The number of aryl methyl sites for hydroxylation is 2. The molecule has 0 radical (unpaired) electrons. The summed E-state index contributed by atoms with van der Waals surface area (Å²) >= 11 is 2.85. The molecule has 0 aliphatic carbocycles. The van der Waals surface area contributed by atoms with Gasteiger partial charge in [-0.3, -0.25) is 9.69 Å². The molecule has 1 aliphatic rings. The van der Waals surface area contributed by atoms with Crippen molar-refractivity contribution in [3.63, 3.8) is 0 Å². The highest BCUT2D eigenvalue weighted by molar-refractivity contribution is 8.18. The quantitative estimate of drug-likeness (QED) is 0.475. The number of nitrogens with zero attached hydrogens (tertiary/aromatic N) is 4. The summed E-state index contributed by atoms with van der Waals surface area (Å²) in [5.74, 6) is -0.0557. The van der Waals surface area contributed by atoms with Crippen LogP contribution in [0.15, 0.2) is 58.4 Å². The molecule has 0 N–H and O–H groups in total. The minimum atomic E-state index is -0.0557. The third kappa shape index (κ3) is 3.36. The van der Waals surface area contributed by atoms with Crippen molar-refractivity contribution in [2.24, 2.45) is 12.0 Å². The van der Waals surface area contributed by atoms with Gasteiger partial charge in [0.25, 0.3) is 5.91 Å². The number of hydrogen-bond acceptors (Lipinski definition) is 5. The Labute approximate surface area is 165 Å². The molecule has 2 aromatic heterocycles. The minimum absolute atomic E-state index is 0.0557. The number of para-hydroxylation sites is 1. The van der Waals surface area contributed by atoms with Crippen LogP contribution in [0.25, 0.3) is 17.0 Å². The summed E-state index contributed by atoms with van der Waals surface area (Å²) < 4.78 is 2.07. The van der Waals surface area contributed by atoms with Gasteiger partial charge in [-0.2, -0.15) is 4.99 Å². The van der Waals surface area contributed by atoms with Gasteiger partial charge < -0.3 is 4.57 Å². The largest absolute Gasteiger partial charge is 0.350 e. The van der Waals surface area contributed by atoms with E-state index in [1.807, 2.05) is 43.8 Å². The molecule has 1 saturated heterocycles. The number of aliphatic imine (C=N–C) groups is 1. The topological polar surface area (TPSA) is 50.5 Å². The average Bonchev–Trinajstić information content (AvgIpc) is 3.29. The Morgan fingerprint density at radius 1 is 1.33 bits per heavy atom. The Morgan fingerprint density at radius 3 is 2.89 bits per heavy atom. The van der Waals surface area contributed by atoms with Crippen LogP contribution < -0.4 is 0 Å². The normalized spacial score (nSPS) is 17.6. The molecule has 0 saturated carbocycles. The molecular formula is C20H18N4OS2. The second-order valence-corrected chi connectivity index (χ2v) is 8.04. The van der Waals surface area contributed by atoms with Gasteiger partial charge in [0.15, 0.2) is 5.17 Å². The predicted molar refractivity (Wildman–Crippen MR) is 114 cm³/mol. The number of benzene rings is 1. The Balaban J connectivity index is 1.74. The Hall–Kier alpha value is -2.64. The molecular weight excluding hydrogens is 376 g/mol. The van der Waals surface area contributed by atoms with Gasteiger partial charge in [0.05, 0.1) is 10.6 Å². The van der Waals surface area contributed by atoms with Crippen LogP contribution in [-0.4, -0.2) is 32.1 Å². The first-order chi connectivity index (χ1) is 13.1. The van der Waals surface area contributed by atoms with Crippen LogP contribution in [0, 0.1) is 6.92 Å². The van der Waals surface area contributed by atoms with Crippen molar-refractivity contribution in [1.82, 2.24) is 14.5 Å². The number of rotatable bonds is 4. The molecule has 5 nitrogen and oxygen atoms in total. The van der Waals surface area contributed by atoms with E-state index in [2.05, 4.69) is 33.3 Å². The molecule has 0 atom stereocenters. The van der Waals surface area contributed by atoms with E-state index in [1.165, 1.54) is 23.1 Å². The van der Waals surface area contributed by atoms with Gasteiger partial charge >= 0.3 is 0 Å². The van der Waals surface area contributed by atoms with Crippen LogP contribution in [0.3, 0.4) is 0 Å². The van der Waals surface area contributed by atoms with Crippen LogP contribution in [-0.2, 0) is 11.8 Å². The lowest BCUT2D eigenvalue weighted by Gasteiger charge is -2.11. The summed E-state index contributed by atoms with van der Waals surface area (Å²) in [4.78, 5) is 24.2. The maximum Gasteiger partial charge on any atom is 0.267 e. The molecule has 136 valence electrons. The first-order valence-electron chi connectivity index (χ1n) is 8.44. The van der Waals surface area contributed by atoms with Crippen molar-refractivity contribution in [2.75, 3.05) is 6.54 Å². The van der Waals surface area contributed by atoms with Crippen molar-refractivity contribution < 1.29 is 4.79 Å². The van der Waals surface area contributed by atoms with Crippen molar-refractivity contribution in [1.29, 1.82) is 0 Å². The third-order valence-corrected chi connectivity index (χ3v) is 6.07. The fourth-order valence-electron chi connectivity index (χ4n) is 2.99. The number of fused-ring (bicyclic) bond motifs is 1. The lowest BCUT2D eigenvalue weighted by Crippen LogP contribution is -2.29. The molecule has 3 heterocycles. The predicted octanol–water partition coefficient (Wildman–Crippen LogP) is 4.73. The molecule has 0 bridgehead atoms. The van der Waals surface area contributed by atoms with Crippen LogP contribution in [0.5, 0.6) is 0 Å². The van der Waals surface area contributed by atoms with Gasteiger partial charge in [-0.25, -0.2) is 4.98 Å². The van der Waals surface area contributed by atoms with Crippen LogP contribution in [0.2, 0.25) is 0 Å². The zero-order valence-corrected chi connectivity index (χ0v) is 16.7. The number of thioether (sulfide) groups is 1. The second kappa shape index (κ2) is 7.17. The Bertz CT molecular complexity index is 1110. The zero-order valence-electron chi connectivity index (χ0n) is 15.0. The van der Waals surface area contributed by atoms with E-state index < -0.39 is 0 Å². The van der Waals surface area contributed by atoms with Gasteiger partial charge in [0.1, 0.15) is 0 Å². The smallest absolute Gasteiger partial charge is 0.267 e. The molecule has 1 aromatic carbocycles. The minimum Gasteiger partial charge on any atom is -0.350 e. The van der Waals surface area contributed by atoms with E-state index in [1.54, 1.807) is 11.0 Å². The standard InChI is InChI=1S/C20H18N4OS2/c1-4-9-24-18(25)17(27-20(24)22-19-21-13(2)12-26-19)10-14-11-23(3)16-8-6-5-7-15(14)16/h4-8,10-12H,1,9H2,2-3H3/b17-10-,22-20+.